The van der Waals surface area contributed by atoms with Gasteiger partial charge in [-0.15, -0.1) is 4.68 Å². The molecule has 8 heteroatoms. The van der Waals surface area contributed by atoms with Crippen molar-refractivity contribution in [1.29, 1.82) is 0 Å². The average Bonchev–Trinajstić information content (AvgIpc) is 2.78. The van der Waals surface area contributed by atoms with Crippen LogP contribution >= 0.6 is 0 Å². The minimum Gasteiger partial charge on any atom is -0.488 e. The normalized spacial score (nSPS) is 11.2. The van der Waals surface area contributed by atoms with Crippen LogP contribution in [0, 0.1) is 5.82 Å². The number of halogens is 1. The van der Waals surface area contributed by atoms with Crippen molar-refractivity contribution in [3.8, 4) is 5.75 Å². The maximum Gasteiger partial charge on any atom is 0.349 e. The second kappa shape index (κ2) is 8.89. The smallest absolute Gasteiger partial charge is 0.349 e. The van der Waals surface area contributed by atoms with Gasteiger partial charge in [-0.25, -0.2) is 9.18 Å². The highest BCUT2D eigenvalue weighted by Gasteiger charge is 2.09. The molecular weight excluding hydrogens is 411 g/mol. The van der Waals surface area contributed by atoms with E-state index in [0.717, 1.165) is 10.4 Å². The Morgan fingerprint density at radius 1 is 1.06 bits per heavy atom. The molecule has 162 valence electrons. The fourth-order valence-electron chi connectivity index (χ4n) is 3.20. The SMILES string of the molecule is CN(C)c1ccc(C=Nn2c(=O)[nH]c3ccccc3c2=O)c(OCc2cccc(F)c2)c1. The molecular formula is C24H21FN4O3. The largest absolute Gasteiger partial charge is 0.488 e. The van der Waals surface area contributed by atoms with Gasteiger partial charge in [0.2, 0.25) is 0 Å². The van der Waals surface area contributed by atoms with Crippen molar-refractivity contribution in [3.05, 3.63) is 105 Å². The standard InChI is InChI=1S/C24H21FN4O3/c1-28(2)19-11-10-17(22(13-19)32-15-16-6-5-7-18(25)12-16)14-26-29-23(30)20-8-3-4-9-21(20)27-24(29)31/h3-14H,15H2,1-2H3,(H,27,31). The Balaban J connectivity index is 1.70. The Kier molecular flexibility index (Phi) is 5.85. The summed E-state index contributed by atoms with van der Waals surface area (Å²) in [6.07, 6.45) is 1.39. The number of ether oxygens (including phenoxy) is 1. The van der Waals surface area contributed by atoms with E-state index in [1.165, 1.54) is 18.3 Å². The summed E-state index contributed by atoms with van der Waals surface area (Å²) < 4.78 is 20.2. The topological polar surface area (TPSA) is 79.7 Å². The zero-order valence-electron chi connectivity index (χ0n) is 17.6. The van der Waals surface area contributed by atoms with E-state index in [4.69, 9.17) is 4.74 Å². The van der Waals surface area contributed by atoms with Gasteiger partial charge in [0.15, 0.2) is 0 Å². The van der Waals surface area contributed by atoms with E-state index in [2.05, 4.69) is 10.1 Å². The van der Waals surface area contributed by atoms with Gasteiger partial charge in [0.05, 0.1) is 17.1 Å². The van der Waals surface area contributed by atoms with Gasteiger partial charge in [0.25, 0.3) is 5.56 Å². The van der Waals surface area contributed by atoms with E-state index in [1.54, 1.807) is 42.5 Å². The van der Waals surface area contributed by atoms with Crippen LogP contribution in [0.25, 0.3) is 10.9 Å². The van der Waals surface area contributed by atoms with E-state index in [-0.39, 0.29) is 12.4 Å². The average molecular weight is 432 g/mol. The van der Waals surface area contributed by atoms with Crippen molar-refractivity contribution >= 4 is 22.8 Å². The Morgan fingerprint density at radius 2 is 1.88 bits per heavy atom. The predicted molar refractivity (Wildman–Crippen MR) is 123 cm³/mol. The Hall–Kier alpha value is -4.20. The van der Waals surface area contributed by atoms with E-state index < -0.39 is 11.2 Å². The zero-order valence-corrected chi connectivity index (χ0v) is 17.6. The maximum atomic E-state index is 13.5. The molecule has 0 spiro atoms. The minimum absolute atomic E-state index is 0.145. The molecule has 3 aromatic carbocycles. The second-order valence-electron chi connectivity index (χ2n) is 7.37. The Labute approximate surface area is 183 Å². The molecule has 0 bridgehead atoms. The predicted octanol–water partition coefficient (Wildman–Crippen LogP) is 3.36. The minimum atomic E-state index is -0.642. The van der Waals surface area contributed by atoms with Crippen molar-refractivity contribution in [3.63, 3.8) is 0 Å². The first-order valence-electron chi connectivity index (χ1n) is 9.89. The van der Waals surface area contributed by atoms with Crippen LogP contribution in [0.5, 0.6) is 5.75 Å². The van der Waals surface area contributed by atoms with Gasteiger partial charge in [-0.1, -0.05) is 24.3 Å². The number of para-hydroxylation sites is 1. The van der Waals surface area contributed by atoms with Crippen LogP contribution in [-0.4, -0.2) is 30.0 Å². The summed E-state index contributed by atoms with van der Waals surface area (Å²) in [5, 5.41) is 4.47. The van der Waals surface area contributed by atoms with Crippen LogP contribution in [0.2, 0.25) is 0 Å². The first-order valence-corrected chi connectivity index (χ1v) is 9.89. The molecule has 7 nitrogen and oxygen atoms in total. The number of aromatic amines is 1. The molecule has 0 aliphatic carbocycles. The molecule has 32 heavy (non-hydrogen) atoms. The van der Waals surface area contributed by atoms with Gasteiger partial charge in [-0.2, -0.15) is 5.10 Å². The summed E-state index contributed by atoms with van der Waals surface area (Å²) in [6.45, 7) is 0.145. The highest BCUT2D eigenvalue weighted by molar-refractivity contribution is 5.85. The number of fused-ring (bicyclic) bond motifs is 1. The third-order valence-corrected chi connectivity index (χ3v) is 4.89. The maximum absolute atomic E-state index is 13.5. The molecule has 4 rings (SSSR count). The van der Waals surface area contributed by atoms with Crippen LogP contribution in [0.3, 0.4) is 0 Å². The van der Waals surface area contributed by atoms with Crippen LogP contribution in [0.1, 0.15) is 11.1 Å². The summed E-state index contributed by atoms with van der Waals surface area (Å²) >= 11 is 0. The van der Waals surface area contributed by atoms with Crippen LogP contribution in [0.15, 0.2) is 81.4 Å². The lowest BCUT2D eigenvalue weighted by atomic mass is 10.2. The highest BCUT2D eigenvalue weighted by atomic mass is 19.1. The number of hydrogen-bond donors (Lipinski definition) is 1. The number of benzene rings is 3. The van der Waals surface area contributed by atoms with Crippen molar-refractivity contribution in [1.82, 2.24) is 9.66 Å². The summed E-state index contributed by atoms with van der Waals surface area (Å²) in [4.78, 5) is 29.6. The molecule has 0 atom stereocenters. The lowest BCUT2D eigenvalue weighted by Gasteiger charge is -2.16. The van der Waals surface area contributed by atoms with Gasteiger partial charge in [-0.05, 0) is 42.0 Å². The molecule has 0 saturated heterocycles. The molecule has 0 fully saturated rings. The molecule has 1 N–H and O–H groups in total. The number of anilines is 1. The molecule has 0 amide bonds. The number of hydrogen-bond acceptors (Lipinski definition) is 5. The molecule has 0 unspecified atom stereocenters. The van der Waals surface area contributed by atoms with Crippen LogP contribution < -0.4 is 20.9 Å². The van der Waals surface area contributed by atoms with E-state index in [9.17, 15) is 14.0 Å². The fraction of sp³-hybridized carbons (Fsp3) is 0.125. The molecule has 0 radical (unpaired) electrons. The highest BCUT2D eigenvalue weighted by Crippen LogP contribution is 2.25. The number of rotatable bonds is 6. The summed E-state index contributed by atoms with van der Waals surface area (Å²) in [5.41, 5.74) is 1.40. The number of nitrogens with zero attached hydrogens (tertiary/aromatic N) is 3. The quantitative estimate of drug-likeness (QED) is 0.474. The zero-order chi connectivity index (χ0) is 22.7. The van der Waals surface area contributed by atoms with Gasteiger partial charge < -0.3 is 14.6 Å². The number of nitrogens with one attached hydrogen (secondary N) is 1. The van der Waals surface area contributed by atoms with Crippen molar-refractivity contribution < 1.29 is 9.13 Å². The van der Waals surface area contributed by atoms with Crippen LogP contribution in [0.4, 0.5) is 10.1 Å². The Morgan fingerprint density at radius 3 is 2.66 bits per heavy atom. The monoisotopic (exact) mass is 432 g/mol. The summed E-state index contributed by atoms with van der Waals surface area (Å²) in [7, 11) is 3.79. The number of aromatic nitrogens is 2. The van der Waals surface area contributed by atoms with Gasteiger partial charge in [-0.3, -0.25) is 4.79 Å². The van der Waals surface area contributed by atoms with Crippen molar-refractivity contribution in [2.45, 2.75) is 6.61 Å². The van der Waals surface area contributed by atoms with Crippen molar-refractivity contribution in [2.24, 2.45) is 5.10 Å². The molecule has 0 saturated carbocycles. The summed E-state index contributed by atoms with van der Waals surface area (Å²) in [6, 6.07) is 18.3. The van der Waals surface area contributed by atoms with Crippen molar-refractivity contribution in [2.75, 3.05) is 19.0 Å². The lowest BCUT2D eigenvalue weighted by Crippen LogP contribution is -2.32. The van der Waals surface area contributed by atoms with E-state index in [1.807, 2.05) is 31.1 Å². The molecule has 1 aromatic heterocycles. The third kappa shape index (κ3) is 4.44. The van der Waals surface area contributed by atoms with Gasteiger partial charge in [0, 0.05) is 31.4 Å². The first-order chi connectivity index (χ1) is 15.4. The molecule has 0 aliphatic rings. The Bertz CT molecular complexity index is 1420. The van der Waals surface area contributed by atoms with Gasteiger partial charge in [0.1, 0.15) is 18.2 Å². The number of H-pyrrole nitrogens is 1. The first kappa shape index (κ1) is 21.0. The van der Waals surface area contributed by atoms with Gasteiger partial charge >= 0.3 is 5.69 Å². The lowest BCUT2D eigenvalue weighted by molar-refractivity contribution is 0.305. The molecule has 0 aliphatic heterocycles. The van der Waals surface area contributed by atoms with E-state index in [0.29, 0.717) is 27.8 Å². The second-order valence-corrected chi connectivity index (χ2v) is 7.37. The van der Waals surface area contributed by atoms with Crippen LogP contribution in [-0.2, 0) is 6.61 Å². The fourth-order valence-corrected chi connectivity index (χ4v) is 3.20. The molecule has 4 aromatic rings. The third-order valence-electron chi connectivity index (χ3n) is 4.89. The summed E-state index contributed by atoms with van der Waals surface area (Å²) in [5.74, 6) is 0.138. The molecule has 1 heterocycles. The van der Waals surface area contributed by atoms with E-state index >= 15 is 0 Å².